The van der Waals surface area contributed by atoms with E-state index < -0.39 is 0 Å². The van der Waals surface area contributed by atoms with E-state index in [-0.39, 0.29) is 28.4 Å². The maximum Gasteiger partial charge on any atom is 0.169 e. The van der Waals surface area contributed by atoms with Crippen LogP contribution in [0.3, 0.4) is 0 Å². The molecule has 0 saturated carbocycles. The summed E-state index contributed by atoms with van der Waals surface area (Å²) in [6.45, 7) is 0. The van der Waals surface area contributed by atoms with Gasteiger partial charge in [0.2, 0.25) is 0 Å². The van der Waals surface area contributed by atoms with Crippen LogP contribution in [0.25, 0.3) is 43.1 Å². The third-order valence-corrected chi connectivity index (χ3v) is 4.36. The monoisotopic (exact) mass is 264 g/mol. The zero-order valence-corrected chi connectivity index (χ0v) is 10.1. The lowest BCUT2D eigenvalue weighted by molar-refractivity contribution is 0.408. The number of phenols is 8. The van der Waals surface area contributed by atoms with Gasteiger partial charge in [-0.1, -0.05) is 18.2 Å². The highest BCUT2D eigenvalue weighted by molar-refractivity contribution is 6.43. The highest BCUT2D eigenvalue weighted by atomic mass is 16.3. The molecule has 0 aliphatic carbocycles. The van der Waals surface area contributed by atoms with Gasteiger partial charge in [-0.3, -0.25) is 0 Å². The maximum absolute atomic E-state index is 10.3. The number of hydrogen-bond acceptors (Lipinski definition) is 4. The molecule has 0 heterocycles. The lowest BCUT2D eigenvalue weighted by atomic mass is 9.82. The van der Waals surface area contributed by atoms with Crippen molar-refractivity contribution in [3.63, 3.8) is 0 Å². The van der Waals surface area contributed by atoms with Gasteiger partial charge in [-0.05, 0) is 16.8 Å². The highest BCUT2D eigenvalue weighted by Gasteiger charge is 2.30. The van der Waals surface area contributed by atoms with Crippen molar-refractivity contribution in [1.29, 1.82) is 0 Å². The number of rotatable bonds is 0. The molecular weight excluding hydrogens is 256 g/mol. The first-order chi connectivity index (χ1) is 9.61. The van der Waals surface area contributed by atoms with Crippen LogP contribution in [0.5, 0.6) is 23.0 Å². The molecule has 4 nitrogen and oxygen atoms in total. The fourth-order valence-electron chi connectivity index (χ4n) is 3.58. The van der Waals surface area contributed by atoms with E-state index in [0.717, 1.165) is 16.2 Å². The van der Waals surface area contributed by atoms with Crippen LogP contribution in [0.15, 0.2) is 24.3 Å². The van der Waals surface area contributed by atoms with Crippen LogP contribution in [0, 0.1) is 0 Å². The number of aromatic hydroxyl groups is 4. The van der Waals surface area contributed by atoms with Crippen molar-refractivity contribution in [2.45, 2.75) is 0 Å². The van der Waals surface area contributed by atoms with E-state index in [2.05, 4.69) is 0 Å². The molecule has 0 aliphatic heterocycles. The molecule has 7 rings (SSSR count). The molecule has 0 amide bonds. The Balaban J connectivity index is 2.40. The molecule has 4 heteroatoms. The molecular formula is C16H8O4. The van der Waals surface area contributed by atoms with Gasteiger partial charge >= 0.3 is 0 Å². The van der Waals surface area contributed by atoms with E-state index in [1.807, 2.05) is 12.1 Å². The highest BCUT2D eigenvalue weighted by Crippen LogP contribution is 2.59. The Morgan fingerprint density at radius 2 is 1.20 bits per heavy atom. The average Bonchev–Trinajstić information content (AvgIpc) is 2.43. The normalized spacial score (nSPS) is 12.8. The van der Waals surface area contributed by atoms with Gasteiger partial charge in [-0.2, -0.15) is 0 Å². The molecule has 0 spiro atoms. The van der Waals surface area contributed by atoms with Crippen molar-refractivity contribution < 1.29 is 20.4 Å². The fourth-order valence-corrected chi connectivity index (χ4v) is 3.58. The van der Waals surface area contributed by atoms with Crippen LogP contribution < -0.4 is 0 Å². The van der Waals surface area contributed by atoms with Crippen LogP contribution >= 0.6 is 0 Å². The van der Waals surface area contributed by atoms with Crippen LogP contribution in [0.1, 0.15) is 0 Å². The Labute approximate surface area is 111 Å². The first-order valence-corrected chi connectivity index (χ1v) is 6.22. The average molecular weight is 264 g/mol. The zero-order chi connectivity index (χ0) is 13.8. The van der Waals surface area contributed by atoms with Crippen molar-refractivity contribution in [3.05, 3.63) is 24.3 Å². The summed E-state index contributed by atoms with van der Waals surface area (Å²) in [6.07, 6.45) is 0. The fraction of sp³-hybridized carbons (Fsp3) is 0. The van der Waals surface area contributed by atoms with E-state index >= 15 is 0 Å². The SMILES string of the molecule is Oc1c(O)c2c3ccc4ccc(O)c5c2c(O)c1c3c45. The van der Waals surface area contributed by atoms with E-state index in [0.29, 0.717) is 21.5 Å². The van der Waals surface area contributed by atoms with E-state index in [1.54, 1.807) is 12.1 Å². The van der Waals surface area contributed by atoms with Gasteiger partial charge < -0.3 is 20.4 Å². The Bertz CT molecular complexity index is 1130. The molecule has 0 atom stereocenters. The van der Waals surface area contributed by atoms with Crippen LogP contribution in [0.4, 0.5) is 0 Å². The summed E-state index contributed by atoms with van der Waals surface area (Å²) < 4.78 is 0. The molecule has 6 bridgehead atoms. The van der Waals surface area contributed by atoms with Crippen LogP contribution in [-0.2, 0) is 0 Å². The predicted molar refractivity (Wildman–Crippen MR) is 76.7 cm³/mol. The summed E-state index contributed by atoms with van der Waals surface area (Å²) in [4.78, 5) is 0. The van der Waals surface area contributed by atoms with Gasteiger partial charge in [-0.25, -0.2) is 0 Å². The second-order valence-corrected chi connectivity index (χ2v) is 5.22. The van der Waals surface area contributed by atoms with Crippen molar-refractivity contribution in [3.8, 4) is 23.0 Å². The lowest BCUT2D eigenvalue weighted by Gasteiger charge is -2.23. The van der Waals surface area contributed by atoms with E-state index in [1.165, 1.54) is 0 Å². The standard InChI is InChI=1S/C16H8O4/c17-7-4-2-5-1-3-6-9-8(5)11(7)12-10(6)15(19)16(20)13(9)14(12)18/h1-4,17-20H. The minimum atomic E-state index is -0.296. The summed E-state index contributed by atoms with van der Waals surface area (Å²) in [7, 11) is 0. The first kappa shape index (κ1) is 9.97. The second kappa shape index (κ2) is 2.67. The lowest BCUT2D eigenvalue weighted by Crippen LogP contribution is -1.94. The minimum Gasteiger partial charge on any atom is -0.507 e. The number of benzene rings is 7. The van der Waals surface area contributed by atoms with Crippen molar-refractivity contribution in [2.24, 2.45) is 0 Å². The quantitative estimate of drug-likeness (QED) is 0.196. The second-order valence-electron chi connectivity index (χ2n) is 5.22. The summed E-state index contributed by atoms with van der Waals surface area (Å²) in [5.74, 6) is -0.559. The van der Waals surface area contributed by atoms with Gasteiger partial charge in [0, 0.05) is 26.9 Å². The van der Waals surface area contributed by atoms with E-state index in [9.17, 15) is 20.4 Å². The maximum atomic E-state index is 10.3. The van der Waals surface area contributed by atoms with Gasteiger partial charge in [0.05, 0.1) is 5.39 Å². The Morgan fingerprint density at radius 1 is 0.500 bits per heavy atom. The Kier molecular flexibility index (Phi) is 1.33. The molecule has 7 aromatic carbocycles. The molecule has 96 valence electrons. The zero-order valence-electron chi connectivity index (χ0n) is 10.1. The minimum absolute atomic E-state index is 0.0582. The number of fused-ring (bicyclic) bond motifs is 1. The molecule has 7 aromatic rings. The Morgan fingerprint density at radius 3 is 2.00 bits per heavy atom. The third kappa shape index (κ3) is 0.757. The van der Waals surface area contributed by atoms with Crippen LogP contribution in [-0.4, -0.2) is 20.4 Å². The van der Waals surface area contributed by atoms with Gasteiger partial charge in [0.15, 0.2) is 11.5 Å². The largest absolute Gasteiger partial charge is 0.507 e. The molecule has 20 heavy (non-hydrogen) atoms. The summed E-state index contributed by atoms with van der Waals surface area (Å²) in [6, 6.07) is 7.14. The molecule has 0 aromatic heterocycles. The molecule has 0 saturated heterocycles. The van der Waals surface area contributed by atoms with Crippen LogP contribution in [0.2, 0.25) is 0 Å². The van der Waals surface area contributed by atoms with Gasteiger partial charge in [-0.15, -0.1) is 0 Å². The van der Waals surface area contributed by atoms with Gasteiger partial charge in [0.25, 0.3) is 0 Å². The first-order valence-electron chi connectivity index (χ1n) is 6.22. The van der Waals surface area contributed by atoms with Crippen molar-refractivity contribution >= 4 is 43.1 Å². The predicted octanol–water partition coefficient (Wildman–Crippen LogP) is 3.44. The number of hydrogen-bond donors (Lipinski definition) is 4. The van der Waals surface area contributed by atoms with E-state index in [4.69, 9.17) is 0 Å². The molecule has 0 radical (unpaired) electrons. The summed E-state index contributed by atoms with van der Waals surface area (Å²) >= 11 is 0. The molecule has 0 fully saturated rings. The molecule has 4 N–H and O–H groups in total. The summed E-state index contributed by atoms with van der Waals surface area (Å²) in [5, 5.41) is 45.4. The smallest absolute Gasteiger partial charge is 0.169 e. The van der Waals surface area contributed by atoms with Crippen molar-refractivity contribution in [1.82, 2.24) is 0 Å². The van der Waals surface area contributed by atoms with Gasteiger partial charge in [0.1, 0.15) is 11.5 Å². The summed E-state index contributed by atoms with van der Waals surface area (Å²) in [5.41, 5.74) is 0. The van der Waals surface area contributed by atoms with Crippen molar-refractivity contribution in [2.75, 3.05) is 0 Å². The molecule has 0 unspecified atom stereocenters. The molecule has 0 aliphatic rings. The third-order valence-electron chi connectivity index (χ3n) is 4.36. The Hall–Kier alpha value is -2.88. The topological polar surface area (TPSA) is 80.9 Å². The number of phenolic OH excluding ortho intramolecular Hbond substituents is 4.